The quantitative estimate of drug-likeness (QED) is 0.0344. The Labute approximate surface area is 387 Å². The van der Waals surface area contributed by atoms with Crippen LogP contribution in [0.3, 0.4) is 0 Å². The van der Waals surface area contributed by atoms with E-state index in [9.17, 15) is 14.4 Å². The summed E-state index contributed by atoms with van der Waals surface area (Å²) < 4.78 is 16.8. The largest absolute Gasteiger partial charge is 0.462 e. The first-order valence-electron chi connectivity index (χ1n) is 27.8. The van der Waals surface area contributed by atoms with Crippen LogP contribution in [0, 0.1) is 11.8 Å². The zero-order valence-corrected chi connectivity index (χ0v) is 42.5. The molecule has 368 valence electrons. The lowest BCUT2D eigenvalue weighted by Crippen LogP contribution is -2.30. The average molecular weight is 877 g/mol. The first-order valence-corrected chi connectivity index (χ1v) is 27.8. The van der Waals surface area contributed by atoms with E-state index in [2.05, 4.69) is 34.6 Å². The number of carbonyl (C=O) groups is 3. The van der Waals surface area contributed by atoms with Crippen molar-refractivity contribution in [1.82, 2.24) is 0 Å². The molecule has 0 saturated heterocycles. The Hall–Kier alpha value is -1.59. The second kappa shape index (κ2) is 48.9. The van der Waals surface area contributed by atoms with Crippen molar-refractivity contribution in [2.24, 2.45) is 11.8 Å². The fourth-order valence-corrected chi connectivity index (χ4v) is 8.49. The number of ether oxygens (including phenoxy) is 3. The third-order valence-corrected chi connectivity index (χ3v) is 13.1. The van der Waals surface area contributed by atoms with Crippen molar-refractivity contribution in [3.8, 4) is 0 Å². The molecular weight excluding hydrogens is 769 g/mol. The van der Waals surface area contributed by atoms with Crippen molar-refractivity contribution in [2.45, 2.75) is 317 Å². The standard InChI is InChI=1S/C56H108O6/c1-6-8-9-10-11-12-19-26-31-36-41-46-54(57)60-49-53(50-61-55(58)47-42-37-32-27-23-22-25-30-35-40-45-52(5)7-2)62-56(59)48-43-38-33-28-21-18-16-14-13-15-17-20-24-29-34-39-44-51(3)4/h51-53H,6-50H2,1-5H3/t52?,53-/m0/s1. The summed E-state index contributed by atoms with van der Waals surface area (Å²) in [6.07, 6.45) is 50.8. The van der Waals surface area contributed by atoms with E-state index in [0.717, 1.165) is 69.6 Å². The predicted molar refractivity (Wildman–Crippen MR) is 266 cm³/mol. The Morgan fingerprint density at radius 2 is 0.613 bits per heavy atom. The Morgan fingerprint density at radius 1 is 0.339 bits per heavy atom. The minimum Gasteiger partial charge on any atom is -0.462 e. The van der Waals surface area contributed by atoms with Crippen molar-refractivity contribution in [3.05, 3.63) is 0 Å². The van der Waals surface area contributed by atoms with Crippen LogP contribution >= 0.6 is 0 Å². The third kappa shape index (κ3) is 47.9. The first-order chi connectivity index (χ1) is 30.3. The maximum absolute atomic E-state index is 12.8. The van der Waals surface area contributed by atoms with Gasteiger partial charge in [-0.05, 0) is 31.1 Å². The highest BCUT2D eigenvalue weighted by atomic mass is 16.6. The van der Waals surface area contributed by atoms with Gasteiger partial charge in [-0.15, -0.1) is 0 Å². The molecule has 0 bridgehead atoms. The number of rotatable bonds is 50. The number of unbranched alkanes of at least 4 members (excludes halogenated alkanes) is 34. The third-order valence-electron chi connectivity index (χ3n) is 13.1. The SMILES string of the molecule is CCCCCCCCCCCCCC(=O)OC[C@@H](COC(=O)CCCCCCCCCCCCC(C)CC)OC(=O)CCCCCCCCCCCCCCCCCCC(C)C. The molecule has 0 aliphatic rings. The van der Waals surface area contributed by atoms with Gasteiger partial charge in [-0.25, -0.2) is 0 Å². The molecule has 0 heterocycles. The predicted octanol–water partition coefficient (Wildman–Crippen LogP) is 18.1. The topological polar surface area (TPSA) is 78.9 Å². The second-order valence-electron chi connectivity index (χ2n) is 19.9. The maximum Gasteiger partial charge on any atom is 0.306 e. The number of hydrogen-bond donors (Lipinski definition) is 0. The van der Waals surface area contributed by atoms with Gasteiger partial charge in [0.25, 0.3) is 0 Å². The van der Waals surface area contributed by atoms with Gasteiger partial charge < -0.3 is 14.2 Å². The van der Waals surface area contributed by atoms with Gasteiger partial charge in [0.1, 0.15) is 13.2 Å². The molecule has 0 aromatic heterocycles. The minimum absolute atomic E-state index is 0.0632. The van der Waals surface area contributed by atoms with Gasteiger partial charge in [-0.1, -0.05) is 272 Å². The lowest BCUT2D eigenvalue weighted by Gasteiger charge is -2.18. The van der Waals surface area contributed by atoms with Crippen LogP contribution in [0.5, 0.6) is 0 Å². The molecule has 0 N–H and O–H groups in total. The number of esters is 3. The van der Waals surface area contributed by atoms with Gasteiger partial charge in [0.2, 0.25) is 0 Å². The Kier molecular flexibility index (Phi) is 47.6. The molecular formula is C56H108O6. The lowest BCUT2D eigenvalue weighted by molar-refractivity contribution is -0.167. The first kappa shape index (κ1) is 60.4. The van der Waals surface area contributed by atoms with Crippen LogP contribution in [0.4, 0.5) is 0 Å². The summed E-state index contributed by atoms with van der Waals surface area (Å²) in [5.74, 6) is 0.878. The van der Waals surface area contributed by atoms with Crippen LogP contribution in [0.15, 0.2) is 0 Å². The van der Waals surface area contributed by atoms with E-state index in [1.807, 2.05) is 0 Å². The monoisotopic (exact) mass is 877 g/mol. The van der Waals surface area contributed by atoms with Crippen LogP contribution in [-0.4, -0.2) is 37.2 Å². The summed E-state index contributed by atoms with van der Waals surface area (Å²) >= 11 is 0. The van der Waals surface area contributed by atoms with E-state index >= 15 is 0 Å². The van der Waals surface area contributed by atoms with Gasteiger partial charge >= 0.3 is 17.9 Å². The average Bonchev–Trinajstić information content (AvgIpc) is 3.26. The van der Waals surface area contributed by atoms with Gasteiger partial charge in [-0.2, -0.15) is 0 Å². The Morgan fingerprint density at radius 3 is 0.919 bits per heavy atom. The summed E-state index contributed by atoms with van der Waals surface area (Å²) in [5, 5.41) is 0. The van der Waals surface area contributed by atoms with Gasteiger partial charge in [-0.3, -0.25) is 14.4 Å². The normalized spacial score (nSPS) is 12.5. The molecule has 0 saturated carbocycles. The molecule has 2 atom stereocenters. The highest BCUT2D eigenvalue weighted by Gasteiger charge is 2.19. The molecule has 0 fully saturated rings. The molecule has 1 unspecified atom stereocenters. The van der Waals surface area contributed by atoms with Gasteiger partial charge in [0, 0.05) is 19.3 Å². The summed E-state index contributed by atoms with van der Waals surface area (Å²) in [6, 6.07) is 0. The van der Waals surface area contributed by atoms with Crippen molar-refractivity contribution in [2.75, 3.05) is 13.2 Å². The fraction of sp³-hybridized carbons (Fsp3) is 0.946. The molecule has 62 heavy (non-hydrogen) atoms. The van der Waals surface area contributed by atoms with Crippen LogP contribution in [0.2, 0.25) is 0 Å². The smallest absolute Gasteiger partial charge is 0.306 e. The molecule has 0 spiro atoms. The van der Waals surface area contributed by atoms with Crippen molar-refractivity contribution in [1.29, 1.82) is 0 Å². The molecule has 0 aromatic carbocycles. The summed E-state index contributed by atoms with van der Waals surface area (Å²) in [5.41, 5.74) is 0. The zero-order valence-electron chi connectivity index (χ0n) is 42.5. The van der Waals surface area contributed by atoms with E-state index in [0.29, 0.717) is 19.3 Å². The summed E-state index contributed by atoms with van der Waals surface area (Å²) in [4.78, 5) is 38.0. The maximum atomic E-state index is 12.8. The molecule has 0 rings (SSSR count). The molecule has 0 radical (unpaired) electrons. The fourth-order valence-electron chi connectivity index (χ4n) is 8.49. The van der Waals surface area contributed by atoms with Crippen LogP contribution in [0.25, 0.3) is 0 Å². The molecule has 0 aliphatic heterocycles. The van der Waals surface area contributed by atoms with E-state index < -0.39 is 6.10 Å². The van der Waals surface area contributed by atoms with Crippen LogP contribution in [0.1, 0.15) is 311 Å². The lowest BCUT2D eigenvalue weighted by atomic mass is 9.99. The highest BCUT2D eigenvalue weighted by molar-refractivity contribution is 5.71. The van der Waals surface area contributed by atoms with E-state index in [1.165, 1.54) is 199 Å². The number of hydrogen-bond acceptors (Lipinski definition) is 6. The van der Waals surface area contributed by atoms with Crippen molar-refractivity contribution >= 4 is 17.9 Å². The summed E-state index contributed by atoms with van der Waals surface area (Å²) in [7, 11) is 0. The molecule has 6 heteroatoms. The van der Waals surface area contributed by atoms with Crippen molar-refractivity contribution < 1.29 is 28.6 Å². The molecule has 0 aliphatic carbocycles. The molecule has 0 aromatic rings. The minimum atomic E-state index is -0.762. The van der Waals surface area contributed by atoms with E-state index in [4.69, 9.17) is 14.2 Å². The molecule has 0 amide bonds. The van der Waals surface area contributed by atoms with E-state index in [1.54, 1.807) is 0 Å². The van der Waals surface area contributed by atoms with Crippen LogP contribution < -0.4 is 0 Å². The van der Waals surface area contributed by atoms with Gasteiger partial charge in [0.15, 0.2) is 6.10 Å². The van der Waals surface area contributed by atoms with Crippen LogP contribution in [-0.2, 0) is 28.6 Å². The highest BCUT2D eigenvalue weighted by Crippen LogP contribution is 2.18. The van der Waals surface area contributed by atoms with E-state index in [-0.39, 0.29) is 31.1 Å². The zero-order chi connectivity index (χ0) is 45.4. The Bertz CT molecular complexity index is 949. The second-order valence-corrected chi connectivity index (χ2v) is 19.9. The summed E-state index contributed by atoms with van der Waals surface area (Å²) in [6.45, 7) is 11.4. The Balaban J connectivity index is 4.27. The van der Waals surface area contributed by atoms with Crippen molar-refractivity contribution in [3.63, 3.8) is 0 Å². The molecule has 6 nitrogen and oxygen atoms in total. The number of carbonyl (C=O) groups excluding carboxylic acids is 3. The van der Waals surface area contributed by atoms with Gasteiger partial charge in [0.05, 0.1) is 0 Å².